The first-order valence-electron chi connectivity index (χ1n) is 8.76. The molecule has 0 atom stereocenters. The molecular weight excluding hydrogens is 423 g/mol. The summed E-state index contributed by atoms with van der Waals surface area (Å²) in [5.41, 5.74) is 0.471. The van der Waals surface area contributed by atoms with Crippen LogP contribution in [0.4, 0.5) is 25.1 Å². The van der Waals surface area contributed by atoms with Crippen molar-refractivity contribution in [3.63, 3.8) is 0 Å². The number of halogens is 4. The number of nitrogens with one attached hydrogen (secondary N) is 3. The molecule has 2 aromatic carbocycles. The van der Waals surface area contributed by atoms with Crippen molar-refractivity contribution in [3.05, 3.63) is 57.8 Å². The van der Waals surface area contributed by atoms with Crippen LogP contribution >= 0.6 is 23.2 Å². The number of aromatic nitrogens is 2. The molecule has 0 aliphatic heterocycles. The molecule has 0 spiro atoms. The van der Waals surface area contributed by atoms with Gasteiger partial charge in [0.1, 0.15) is 23.3 Å². The predicted molar refractivity (Wildman–Crippen MR) is 111 cm³/mol. The van der Waals surface area contributed by atoms with E-state index in [0.29, 0.717) is 51.6 Å². The molecule has 10 heteroatoms. The number of nitrogens with zero attached hydrogens (tertiary/aromatic N) is 2. The highest BCUT2D eigenvalue weighted by atomic mass is 35.5. The lowest BCUT2D eigenvalue weighted by molar-refractivity contribution is 0.252. The van der Waals surface area contributed by atoms with Crippen molar-refractivity contribution in [2.75, 3.05) is 23.7 Å². The van der Waals surface area contributed by atoms with Gasteiger partial charge >= 0.3 is 6.03 Å². The molecule has 0 aliphatic carbocycles. The molecule has 6 nitrogen and oxygen atoms in total. The largest absolute Gasteiger partial charge is 0.368 e. The fraction of sp³-hybridized carbons (Fsp3) is 0.211. The lowest BCUT2D eigenvalue weighted by Gasteiger charge is -2.12. The molecule has 29 heavy (non-hydrogen) atoms. The van der Waals surface area contributed by atoms with Crippen LogP contribution in [0.1, 0.15) is 12.7 Å². The molecule has 0 fully saturated rings. The van der Waals surface area contributed by atoms with Crippen LogP contribution in [0.2, 0.25) is 10.0 Å². The van der Waals surface area contributed by atoms with Crippen LogP contribution in [0.3, 0.4) is 0 Å². The molecule has 0 saturated carbocycles. The minimum atomic E-state index is -0.855. The fourth-order valence-corrected chi connectivity index (χ4v) is 3.15. The molecule has 1 heterocycles. The summed E-state index contributed by atoms with van der Waals surface area (Å²) < 4.78 is 26.5. The molecule has 0 bridgehead atoms. The first kappa shape index (κ1) is 21.0. The Morgan fingerprint density at radius 2 is 1.90 bits per heavy atom. The van der Waals surface area contributed by atoms with E-state index in [1.165, 1.54) is 0 Å². The van der Waals surface area contributed by atoms with Gasteiger partial charge in [-0.1, -0.05) is 30.1 Å². The number of carbonyl (C=O) groups is 1. The lowest BCUT2D eigenvalue weighted by Crippen LogP contribution is -2.33. The third-order valence-corrected chi connectivity index (χ3v) is 4.47. The van der Waals surface area contributed by atoms with E-state index in [2.05, 4.69) is 25.9 Å². The SMILES string of the molecule is CCc1nc(NCCNC(=O)Nc2ccc(F)cc2F)c2cc(Cl)cc(Cl)c2n1. The first-order chi connectivity index (χ1) is 13.9. The minimum Gasteiger partial charge on any atom is -0.368 e. The van der Waals surface area contributed by atoms with Crippen molar-refractivity contribution < 1.29 is 13.6 Å². The number of carbonyl (C=O) groups excluding carboxylic acids is 1. The Balaban J connectivity index is 1.63. The van der Waals surface area contributed by atoms with Crippen molar-refractivity contribution in [1.29, 1.82) is 0 Å². The van der Waals surface area contributed by atoms with Gasteiger partial charge in [0.2, 0.25) is 0 Å². The van der Waals surface area contributed by atoms with Gasteiger partial charge in [0.25, 0.3) is 0 Å². The van der Waals surface area contributed by atoms with Crippen LogP contribution in [-0.2, 0) is 6.42 Å². The smallest absolute Gasteiger partial charge is 0.319 e. The van der Waals surface area contributed by atoms with E-state index >= 15 is 0 Å². The summed E-state index contributed by atoms with van der Waals surface area (Å²) in [5, 5.41) is 9.56. The number of anilines is 2. The summed E-state index contributed by atoms with van der Waals surface area (Å²) in [7, 11) is 0. The van der Waals surface area contributed by atoms with Gasteiger partial charge in [-0.25, -0.2) is 23.5 Å². The molecule has 0 radical (unpaired) electrons. The van der Waals surface area contributed by atoms with Crippen LogP contribution in [-0.4, -0.2) is 29.1 Å². The van der Waals surface area contributed by atoms with Crippen molar-refractivity contribution in [3.8, 4) is 0 Å². The molecule has 3 N–H and O–H groups in total. The van der Waals surface area contributed by atoms with Crippen LogP contribution < -0.4 is 16.0 Å². The second-order valence-electron chi connectivity index (χ2n) is 6.06. The molecule has 3 rings (SSSR count). The summed E-state index contributed by atoms with van der Waals surface area (Å²) in [6, 6.07) is 5.60. The van der Waals surface area contributed by atoms with E-state index < -0.39 is 17.7 Å². The third-order valence-electron chi connectivity index (χ3n) is 3.96. The number of hydrogen-bond donors (Lipinski definition) is 3. The highest BCUT2D eigenvalue weighted by molar-refractivity contribution is 6.38. The maximum atomic E-state index is 13.6. The number of fused-ring (bicyclic) bond motifs is 1. The Labute approximate surface area is 175 Å². The molecule has 152 valence electrons. The lowest BCUT2D eigenvalue weighted by atomic mass is 10.2. The van der Waals surface area contributed by atoms with Crippen molar-refractivity contribution >= 4 is 51.6 Å². The van der Waals surface area contributed by atoms with Gasteiger partial charge in [0.15, 0.2) is 0 Å². The van der Waals surface area contributed by atoms with E-state index in [4.69, 9.17) is 23.2 Å². The summed E-state index contributed by atoms with van der Waals surface area (Å²) in [5.74, 6) is -0.419. The second-order valence-corrected chi connectivity index (χ2v) is 6.90. The molecule has 0 aliphatic rings. The standard InChI is InChI=1S/C19H17Cl2F2N5O/c1-2-16-27-17-12(7-10(20)8-13(17)21)18(28-16)24-5-6-25-19(29)26-15-4-3-11(22)9-14(15)23/h3-4,7-9H,2,5-6H2,1H3,(H,24,27,28)(H2,25,26,29). The van der Waals surface area contributed by atoms with E-state index in [1.54, 1.807) is 12.1 Å². The predicted octanol–water partition coefficient (Wildman–Crippen LogP) is 5.01. The maximum Gasteiger partial charge on any atom is 0.319 e. The Morgan fingerprint density at radius 3 is 2.62 bits per heavy atom. The molecule has 0 unspecified atom stereocenters. The fourth-order valence-electron chi connectivity index (χ4n) is 2.61. The van der Waals surface area contributed by atoms with Gasteiger partial charge in [0, 0.05) is 36.0 Å². The van der Waals surface area contributed by atoms with E-state index in [-0.39, 0.29) is 12.2 Å². The second kappa shape index (κ2) is 9.19. The van der Waals surface area contributed by atoms with Gasteiger partial charge in [0.05, 0.1) is 16.2 Å². The van der Waals surface area contributed by atoms with E-state index in [1.807, 2.05) is 6.92 Å². The highest BCUT2D eigenvalue weighted by Gasteiger charge is 2.12. The Hall–Kier alpha value is -2.71. The molecule has 2 amide bonds. The monoisotopic (exact) mass is 439 g/mol. The van der Waals surface area contributed by atoms with Crippen molar-refractivity contribution in [2.24, 2.45) is 0 Å². The molecule has 0 saturated heterocycles. The zero-order chi connectivity index (χ0) is 21.0. The third kappa shape index (κ3) is 5.21. The highest BCUT2D eigenvalue weighted by Crippen LogP contribution is 2.30. The van der Waals surface area contributed by atoms with Gasteiger partial charge in [-0.2, -0.15) is 0 Å². The zero-order valence-electron chi connectivity index (χ0n) is 15.3. The quantitative estimate of drug-likeness (QED) is 0.471. The topological polar surface area (TPSA) is 78.9 Å². The van der Waals surface area contributed by atoms with E-state index in [0.717, 1.165) is 12.1 Å². The number of benzene rings is 2. The van der Waals surface area contributed by atoms with Crippen molar-refractivity contribution in [1.82, 2.24) is 15.3 Å². The van der Waals surface area contributed by atoms with Gasteiger partial charge in [-0.3, -0.25) is 0 Å². The average molecular weight is 440 g/mol. The van der Waals surface area contributed by atoms with Crippen LogP contribution in [0.25, 0.3) is 10.9 Å². The molecular formula is C19H17Cl2F2N5O. The number of rotatable bonds is 6. The average Bonchev–Trinajstić information content (AvgIpc) is 2.67. The van der Waals surface area contributed by atoms with Crippen molar-refractivity contribution in [2.45, 2.75) is 13.3 Å². The molecule has 1 aromatic heterocycles. The van der Waals surface area contributed by atoms with Gasteiger partial charge in [-0.05, 0) is 24.3 Å². The van der Waals surface area contributed by atoms with Gasteiger partial charge < -0.3 is 16.0 Å². The Bertz CT molecular complexity index is 1060. The summed E-state index contributed by atoms with van der Waals surface area (Å²) in [6.07, 6.45) is 0.619. The summed E-state index contributed by atoms with van der Waals surface area (Å²) in [6.45, 7) is 2.48. The van der Waals surface area contributed by atoms with Crippen LogP contribution in [0, 0.1) is 11.6 Å². The summed E-state index contributed by atoms with van der Waals surface area (Å²) in [4.78, 5) is 20.8. The zero-order valence-corrected chi connectivity index (χ0v) is 16.8. The number of aryl methyl sites for hydroxylation is 1. The minimum absolute atomic E-state index is 0.115. The number of hydrogen-bond acceptors (Lipinski definition) is 4. The molecule has 3 aromatic rings. The maximum absolute atomic E-state index is 13.6. The number of urea groups is 1. The van der Waals surface area contributed by atoms with Gasteiger partial charge in [-0.15, -0.1) is 0 Å². The Morgan fingerprint density at radius 1 is 1.10 bits per heavy atom. The van der Waals surface area contributed by atoms with E-state index in [9.17, 15) is 13.6 Å². The number of amides is 2. The summed E-state index contributed by atoms with van der Waals surface area (Å²) >= 11 is 12.3. The van der Waals surface area contributed by atoms with Crippen LogP contribution in [0.15, 0.2) is 30.3 Å². The normalized spacial score (nSPS) is 10.8. The Kier molecular flexibility index (Phi) is 6.66. The first-order valence-corrected chi connectivity index (χ1v) is 9.52. The van der Waals surface area contributed by atoms with Crippen LogP contribution in [0.5, 0.6) is 0 Å².